The quantitative estimate of drug-likeness (QED) is 0.0438. The number of rotatable bonds is 14. The molecule has 2 saturated heterocycles. The van der Waals surface area contributed by atoms with Crippen LogP contribution in [0.15, 0.2) is 122 Å². The Kier molecular flexibility index (Phi) is 21.4. The maximum absolute atomic E-state index is 13.5. The molecule has 10 rings (SSSR count). The number of anilines is 1. The number of aromatic amines is 2. The molecule has 0 radical (unpaired) electrons. The minimum atomic E-state index is -0.274. The molecule has 2 amide bonds. The maximum Gasteiger partial charge on any atom is 0.216 e. The van der Waals surface area contributed by atoms with Gasteiger partial charge in [0.1, 0.15) is 57.9 Å². The van der Waals surface area contributed by atoms with Crippen molar-refractivity contribution in [3.63, 3.8) is 0 Å². The van der Waals surface area contributed by atoms with Gasteiger partial charge in [-0.05, 0) is 74.2 Å². The second-order valence-corrected chi connectivity index (χ2v) is 18.7. The van der Waals surface area contributed by atoms with Gasteiger partial charge in [0.15, 0.2) is 11.6 Å². The molecule has 4 aromatic carbocycles. The van der Waals surface area contributed by atoms with Gasteiger partial charge in [-0.15, -0.1) is 0 Å². The summed E-state index contributed by atoms with van der Waals surface area (Å²) in [6.07, 6.45) is 9.65. The molecule has 4 aromatic heterocycles. The van der Waals surface area contributed by atoms with Crippen LogP contribution in [0.25, 0.3) is 22.1 Å². The van der Waals surface area contributed by atoms with E-state index in [2.05, 4.69) is 45.9 Å². The minimum absolute atomic E-state index is 0. The molecule has 4 atom stereocenters. The zero-order valence-electron chi connectivity index (χ0n) is 40.8. The van der Waals surface area contributed by atoms with Gasteiger partial charge < -0.3 is 50.6 Å². The second kappa shape index (κ2) is 28.1. The van der Waals surface area contributed by atoms with Crippen LogP contribution in [0.3, 0.4) is 0 Å². The molecule has 2 fully saturated rings. The van der Waals surface area contributed by atoms with Crippen LogP contribution >= 0.6 is 34.8 Å². The van der Waals surface area contributed by atoms with Gasteiger partial charge in [-0.1, -0.05) is 86.1 Å². The van der Waals surface area contributed by atoms with Gasteiger partial charge in [-0.3, -0.25) is 19.2 Å². The van der Waals surface area contributed by atoms with Crippen LogP contribution in [-0.4, -0.2) is 104 Å². The Morgan fingerprint density at radius 2 is 1.08 bits per heavy atom. The molecule has 21 heteroatoms. The van der Waals surface area contributed by atoms with Crippen molar-refractivity contribution >= 4 is 86.1 Å². The van der Waals surface area contributed by atoms with Crippen LogP contribution in [0.1, 0.15) is 86.2 Å². The highest BCUT2D eigenvalue weighted by molar-refractivity contribution is 6.38. The molecule has 2 aliphatic heterocycles. The van der Waals surface area contributed by atoms with E-state index in [1.807, 2.05) is 60.7 Å². The van der Waals surface area contributed by atoms with Crippen molar-refractivity contribution in [3.8, 4) is 23.0 Å². The van der Waals surface area contributed by atoms with Gasteiger partial charge in [0.05, 0.1) is 63.4 Å². The van der Waals surface area contributed by atoms with Gasteiger partial charge in [0.25, 0.3) is 0 Å². The van der Waals surface area contributed by atoms with Crippen molar-refractivity contribution in [3.05, 3.63) is 160 Å². The standard InChI is InChI=1S/C27H26ClN5O4.C19H11Cl2N3O2.C8H16N2O2.2CH4/c1-16(34)29-12-20-8-7-17(14-36-20)33-27-24-22(13-30-26(24)31-15-32-27)25(35)21-10-9-19(11-23(21)28)37-18-5-3-2-4-6-18;20-15-8-12(26-11-4-2-1-3-5-11)6-7-13(15)17(25)14-9-22-19-16(14)18(21)23-10-24-19;1-6(11)10-4-8-3-2-7(9)5-12-8;;/h2-6,9-11,13,15,17,20H,7-8,12,14H2,1H3,(H,29,34)(H2,30,31,32,33);1-10H,(H,22,23,24);7-8H,2-5,9H2,1H3,(H,10,11);2*1H4/t17-,20+;;7-,8+;;/m1.1../s1. The SMILES string of the molecule is C.C.CC(=O)NC[C@@H]1CC[C@@H](N)CO1.CC(=O)NC[C@@H]1CC[C@@H](Nc2ncnc3[nH]cc(C(=O)c4ccc(Oc5ccccc5)cc4Cl)c23)CO1.O=C(c1ccc(Oc2ccccc2)cc1Cl)c1c[nH]c2ncnc(Cl)c12. The average Bonchev–Trinajstić information content (AvgIpc) is 4.06. The van der Waals surface area contributed by atoms with Crippen molar-refractivity contribution in [2.24, 2.45) is 5.73 Å². The molecule has 18 nitrogen and oxygen atoms in total. The van der Waals surface area contributed by atoms with E-state index in [0.717, 1.165) is 25.7 Å². The summed E-state index contributed by atoms with van der Waals surface area (Å²) in [6.45, 7) is 5.18. The van der Waals surface area contributed by atoms with Gasteiger partial charge >= 0.3 is 0 Å². The van der Waals surface area contributed by atoms with E-state index in [4.69, 9.17) is 59.5 Å². The Balaban J connectivity index is 0.000000208. The zero-order valence-corrected chi connectivity index (χ0v) is 43.0. The fraction of sp³-hybridized carbons (Fsp3) is 0.286. The number of aromatic nitrogens is 6. The number of carbonyl (C=O) groups is 4. The third kappa shape index (κ3) is 15.8. The highest BCUT2D eigenvalue weighted by Crippen LogP contribution is 2.34. The highest BCUT2D eigenvalue weighted by Gasteiger charge is 2.26. The van der Waals surface area contributed by atoms with E-state index in [1.54, 1.807) is 48.8 Å². The smallest absolute Gasteiger partial charge is 0.216 e. The predicted octanol–water partition coefficient (Wildman–Crippen LogP) is 10.9. The van der Waals surface area contributed by atoms with Gasteiger partial charge in [0, 0.05) is 68.6 Å². The van der Waals surface area contributed by atoms with E-state index in [-0.39, 0.29) is 77.7 Å². The number of para-hydroxylation sites is 2. The summed E-state index contributed by atoms with van der Waals surface area (Å²) in [5, 5.41) is 10.8. The van der Waals surface area contributed by atoms with Gasteiger partial charge in [-0.2, -0.15) is 0 Å². The molecular formula is C56H61Cl3N10O8. The summed E-state index contributed by atoms with van der Waals surface area (Å²) < 4.78 is 22.9. The van der Waals surface area contributed by atoms with Crippen LogP contribution in [-0.2, 0) is 19.1 Å². The topological polar surface area (TPSA) is 250 Å². The molecule has 0 unspecified atom stereocenters. The van der Waals surface area contributed by atoms with Crippen molar-refractivity contribution in [1.29, 1.82) is 0 Å². The lowest BCUT2D eigenvalue weighted by atomic mass is 10.0. The van der Waals surface area contributed by atoms with Crippen molar-refractivity contribution in [2.75, 3.05) is 31.6 Å². The Bertz CT molecular complexity index is 3260. The molecule has 77 heavy (non-hydrogen) atoms. The second-order valence-electron chi connectivity index (χ2n) is 17.6. The van der Waals surface area contributed by atoms with Crippen molar-refractivity contribution < 1.29 is 38.1 Å². The van der Waals surface area contributed by atoms with E-state index in [0.29, 0.717) is 99.4 Å². The van der Waals surface area contributed by atoms with Crippen molar-refractivity contribution in [2.45, 2.75) is 78.7 Å². The third-order valence-electron chi connectivity index (χ3n) is 12.0. The van der Waals surface area contributed by atoms with Crippen LogP contribution in [0, 0.1) is 0 Å². The molecule has 0 saturated carbocycles. The maximum atomic E-state index is 13.5. The molecule has 2 aliphatic rings. The summed E-state index contributed by atoms with van der Waals surface area (Å²) >= 11 is 18.9. The number of H-pyrrole nitrogens is 2. The monoisotopic (exact) mass is 1110 g/mol. The van der Waals surface area contributed by atoms with Crippen molar-refractivity contribution in [1.82, 2.24) is 40.5 Å². The summed E-state index contributed by atoms with van der Waals surface area (Å²) in [5.74, 6) is 2.37. The molecule has 6 heterocycles. The Morgan fingerprint density at radius 3 is 1.55 bits per heavy atom. The lowest BCUT2D eigenvalue weighted by Gasteiger charge is -2.30. The highest BCUT2D eigenvalue weighted by atomic mass is 35.5. The number of amides is 2. The molecule has 8 aromatic rings. The first-order valence-corrected chi connectivity index (χ1v) is 25.1. The number of benzene rings is 4. The number of hydrogen-bond donors (Lipinski definition) is 6. The Hall–Kier alpha value is -7.45. The van der Waals surface area contributed by atoms with E-state index >= 15 is 0 Å². The number of nitrogens with one attached hydrogen (secondary N) is 5. The lowest BCUT2D eigenvalue weighted by Crippen LogP contribution is -2.40. The van der Waals surface area contributed by atoms with Gasteiger partial charge in [0.2, 0.25) is 11.8 Å². The number of fused-ring (bicyclic) bond motifs is 2. The molecule has 0 bridgehead atoms. The molecule has 0 aliphatic carbocycles. The fourth-order valence-corrected chi connectivity index (χ4v) is 8.91. The van der Waals surface area contributed by atoms with E-state index in [1.165, 1.54) is 26.5 Å². The number of hydrogen-bond acceptors (Lipinski definition) is 14. The summed E-state index contributed by atoms with van der Waals surface area (Å²) in [7, 11) is 0. The lowest BCUT2D eigenvalue weighted by molar-refractivity contribution is -0.120. The largest absolute Gasteiger partial charge is 0.457 e. The summed E-state index contributed by atoms with van der Waals surface area (Å²) in [5.41, 5.74) is 8.14. The molecule has 404 valence electrons. The van der Waals surface area contributed by atoms with Crippen LogP contribution < -0.4 is 31.2 Å². The van der Waals surface area contributed by atoms with Crippen LogP contribution in [0.5, 0.6) is 23.0 Å². The van der Waals surface area contributed by atoms with E-state index < -0.39 is 0 Å². The van der Waals surface area contributed by atoms with Crippen LogP contribution in [0.2, 0.25) is 15.2 Å². The average molecular weight is 1110 g/mol. The fourth-order valence-electron chi connectivity index (χ4n) is 8.16. The molecule has 7 N–H and O–H groups in total. The summed E-state index contributed by atoms with van der Waals surface area (Å²) in [4.78, 5) is 70.8. The number of carbonyl (C=O) groups excluding carboxylic acids is 4. The first-order chi connectivity index (χ1) is 36.3. The number of halogens is 3. The normalized spacial score (nSPS) is 16.6. The number of nitrogens with zero attached hydrogens (tertiary/aromatic N) is 4. The molecule has 0 spiro atoms. The zero-order chi connectivity index (χ0) is 52.8. The molecular weight excluding hydrogens is 1050 g/mol. The first kappa shape index (κ1) is 58.8. The Labute approximate surface area is 461 Å². The predicted molar refractivity (Wildman–Crippen MR) is 300 cm³/mol. The minimum Gasteiger partial charge on any atom is -0.457 e. The third-order valence-corrected chi connectivity index (χ3v) is 12.9. The number of nitrogens with two attached hydrogens (primary N) is 1. The first-order valence-electron chi connectivity index (χ1n) is 24.0. The number of ether oxygens (including phenoxy) is 4. The van der Waals surface area contributed by atoms with Crippen LogP contribution in [0.4, 0.5) is 5.82 Å². The Morgan fingerprint density at radius 1 is 0.597 bits per heavy atom. The van der Waals surface area contributed by atoms with E-state index in [9.17, 15) is 19.2 Å². The number of ketones is 2. The summed E-state index contributed by atoms with van der Waals surface area (Å²) in [6, 6.07) is 28.8. The van der Waals surface area contributed by atoms with Gasteiger partial charge in [-0.25, -0.2) is 19.9 Å².